The summed E-state index contributed by atoms with van der Waals surface area (Å²) in [6.07, 6.45) is 0.749. The SMILES string of the molecule is COc1cccc2c3c([nH]c12)CCN(C(=O)COc1cccc(F)c1)C3. The predicted octanol–water partition coefficient (Wildman–Crippen LogP) is 3.28. The van der Waals surface area contributed by atoms with Gasteiger partial charge in [-0.3, -0.25) is 4.79 Å². The first kappa shape index (κ1) is 16.4. The van der Waals surface area contributed by atoms with Crippen LogP contribution < -0.4 is 9.47 Å². The van der Waals surface area contributed by atoms with E-state index in [0.29, 0.717) is 18.8 Å². The van der Waals surface area contributed by atoms with Gasteiger partial charge in [0.05, 0.1) is 12.6 Å². The molecule has 0 saturated carbocycles. The van der Waals surface area contributed by atoms with Crippen LogP contribution in [-0.4, -0.2) is 36.1 Å². The van der Waals surface area contributed by atoms with E-state index in [2.05, 4.69) is 4.98 Å². The second-order valence-electron chi connectivity index (χ2n) is 6.28. The topological polar surface area (TPSA) is 54.6 Å². The van der Waals surface area contributed by atoms with Gasteiger partial charge in [0.1, 0.15) is 17.3 Å². The number of benzene rings is 2. The average molecular weight is 354 g/mol. The van der Waals surface area contributed by atoms with E-state index in [-0.39, 0.29) is 18.3 Å². The quantitative estimate of drug-likeness (QED) is 0.782. The van der Waals surface area contributed by atoms with Crippen molar-refractivity contribution in [2.75, 3.05) is 20.3 Å². The first-order chi connectivity index (χ1) is 12.7. The number of aromatic amines is 1. The van der Waals surface area contributed by atoms with E-state index >= 15 is 0 Å². The molecule has 0 radical (unpaired) electrons. The van der Waals surface area contributed by atoms with Crippen LogP contribution >= 0.6 is 0 Å². The number of methoxy groups -OCH3 is 1. The van der Waals surface area contributed by atoms with Crippen molar-refractivity contribution in [3.63, 3.8) is 0 Å². The smallest absolute Gasteiger partial charge is 0.260 e. The maximum absolute atomic E-state index is 13.2. The summed E-state index contributed by atoms with van der Waals surface area (Å²) >= 11 is 0. The zero-order valence-electron chi connectivity index (χ0n) is 14.4. The number of para-hydroxylation sites is 1. The van der Waals surface area contributed by atoms with E-state index in [1.165, 1.54) is 12.1 Å². The molecule has 0 aliphatic carbocycles. The van der Waals surface area contributed by atoms with E-state index < -0.39 is 0 Å². The molecule has 0 bridgehead atoms. The van der Waals surface area contributed by atoms with Gasteiger partial charge in [-0.15, -0.1) is 0 Å². The van der Waals surface area contributed by atoms with Gasteiger partial charge in [0, 0.05) is 42.2 Å². The maximum Gasteiger partial charge on any atom is 0.260 e. The number of rotatable bonds is 4. The van der Waals surface area contributed by atoms with Gasteiger partial charge < -0.3 is 19.4 Å². The van der Waals surface area contributed by atoms with Crippen molar-refractivity contribution >= 4 is 16.8 Å². The summed E-state index contributed by atoms with van der Waals surface area (Å²) in [6, 6.07) is 11.7. The normalized spacial score (nSPS) is 13.5. The Morgan fingerprint density at radius 1 is 1.27 bits per heavy atom. The number of hydrogen-bond donors (Lipinski definition) is 1. The minimum Gasteiger partial charge on any atom is -0.495 e. The summed E-state index contributed by atoms with van der Waals surface area (Å²) in [4.78, 5) is 17.7. The predicted molar refractivity (Wildman–Crippen MR) is 95.9 cm³/mol. The fourth-order valence-corrected chi connectivity index (χ4v) is 3.39. The molecule has 1 amide bonds. The van der Waals surface area contributed by atoms with Crippen molar-refractivity contribution in [2.24, 2.45) is 0 Å². The molecule has 2 aromatic carbocycles. The summed E-state index contributed by atoms with van der Waals surface area (Å²) in [5.41, 5.74) is 3.22. The number of aromatic nitrogens is 1. The third kappa shape index (κ3) is 2.98. The molecule has 0 spiro atoms. The molecule has 1 aliphatic rings. The zero-order chi connectivity index (χ0) is 18.1. The number of carbonyl (C=O) groups is 1. The Kier molecular flexibility index (Phi) is 4.24. The average Bonchev–Trinajstić information content (AvgIpc) is 3.04. The molecule has 26 heavy (non-hydrogen) atoms. The van der Waals surface area contributed by atoms with Crippen LogP contribution in [0.15, 0.2) is 42.5 Å². The molecule has 0 atom stereocenters. The van der Waals surface area contributed by atoms with Crippen LogP contribution in [0, 0.1) is 5.82 Å². The molecule has 1 aliphatic heterocycles. The lowest BCUT2D eigenvalue weighted by atomic mass is 10.0. The van der Waals surface area contributed by atoms with Crippen molar-refractivity contribution < 1.29 is 18.7 Å². The first-order valence-electron chi connectivity index (χ1n) is 8.48. The van der Waals surface area contributed by atoms with Crippen LogP contribution in [0.5, 0.6) is 11.5 Å². The molecule has 2 heterocycles. The molecule has 6 heteroatoms. The highest BCUT2D eigenvalue weighted by atomic mass is 19.1. The van der Waals surface area contributed by atoms with Crippen LogP contribution in [0.25, 0.3) is 10.9 Å². The van der Waals surface area contributed by atoms with Gasteiger partial charge in [-0.1, -0.05) is 18.2 Å². The Morgan fingerprint density at radius 3 is 2.92 bits per heavy atom. The molecule has 1 aromatic heterocycles. The summed E-state index contributed by atoms with van der Waals surface area (Å²) in [7, 11) is 1.65. The summed E-state index contributed by atoms with van der Waals surface area (Å²) in [5.74, 6) is 0.652. The van der Waals surface area contributed by atoms with Gasteiger partial charge in [0.25, 0.3) is 5.91 Å². The number of carbonyl (C=O) groups excluding carboxylic acids is 1. The number of fused-ring (bicyclic) bond motifs is 3. The molecule has 0 unspecified atom stereocenters. The van der Waals surface area contributed by atoms with Crippen molar-refractivity contribution in [3.05, 3.63) is 59.5 Å². The van der Waals surface area contributed by atoms with Crippen molar-refractivity contribution in [3.8, 4) is 11.5 Å². The van der Waals surface area contributed by atoms with Crippen LogP contribution in [0.1, 0.15) is 11.3 Å². The van der Waals surface area contributed by atoms with E-state index in [0.717, 1.165) is 34.3 Å². The lowest BCUT2D eigenvalue weighted by Gasteiger charge is -2.27. The lowest BCUT2D eigenvalue weighted by molar-refractivity contribution is -0.134. The van der Waals surface area contributed by atoms with Crippen LogP contribution in [0.2, 0.25) is 0 Å². The Hall–Kier alpha value is -3.02. The molecule has 5 nitrogen and oxygen atoms in total. The summed E-state index contributed by atoms with van der Waals surface area (Å²) in [5, 5.41) is 1.07. The number of H-pyrrole nitrogens is 1. The van der Waals surface area contributed by atoms with E-state index in [1.54, 1.807) is 24.1 Å². The largest absolute Gasteiger partial charge is 0.495 e. The van der Waals surface area contributed by atoms with Crippen molar-refractivity contribution in [2.45, 2.75) is 13.0 Å². The van der Waals surface area contributed by atoms with Crippen LogP contribution in [-0.2, 0) is 17.8 Å². The number of nitrogens with zero attached hydrogens (tertiary/aromatic N) is 1. The highest BCUT2D eigenvalue weighted by molar-refractivity contribution is 5.90. The van der Waals surface area contributed by atoms with E-state index in [9.17, 15) is 9.18 Å². The van der Waals surface area contributed by atoms with E-state index in [1.807, 2.05) is 18.2 Å². The Morgan fingerprint density at radius 2 is 2.12 bits per heavy atom. The van der Waals surface area contributed by atoms with E-state index in [4.69, 9.17) is 9.47 Å². The third-order valence-electron chi connectivity index (χ3n) is 4.70. The molecule has 0 fully saturated rings. The third-order valence-corrected chi connectivity index (χ3v) is 4.70. The number of amides is 1. The van der Waals surface area contributed by atoms with Crippen molar-refractivity contribution in [1.82, 2.24) is 9.88 Å². The second-order valence-corrected chi connectivity index (χ2v) is 6.28. The molecule has 1 N–H and O–H groups in total. The fourth-order valence-electron chi connectivity index (χ4n) is 3.39. The van der Waals surface area contributed by atoms with Gasteiger partial charge in [0.15, 0.2) is 6.61 Å². The second kappa shape index (κ2) is 6.71. The number of nitrogens with one attached hydrogen (secondary N) is 1. The van der Waals surface area contributed by atoms with Gasteiger partial charge in [0.2, 0.25) is 0 Å². The van der Waals surface area contributed by atoms with Crippen molar-refractivity contribution in [1.29, 1.82) is 0 Å². The number of hydrogen-bond acceptors (Lipinski definition) is 3. The maximum atomic E-state index is 13.2. The molecule has 4 rings (SSSR count). The standard InChI is InChI=1S/C20H19FN2O3/c1-25-18-7-3-6-15-16-11-23(9-8-17(16)22-20(15)18)19(24)12-26-14-5-2-4-13(21)10-14/h2-7,10,22H,8-9,11-12H2,1H3. The van der Waals surface area contributed by atoms with Gasteiger partial charge in [-0.05, 0) is 18.2 Å². The Labute approximate surface area is 150 Å². The van der Waals surface area contributed by atoms with Gasteiger partial charge >= 0.3 is 0 Å². The molecular formula is C20H19FN2O3. The van der Waals surface area contributed by atoms with Crippen LogP contribution in [0.3, 0.4) is 0 Å². The molecule has 3 aromatic rings. The lowest BCUT2D eigenvalue weighted by Crippen LogP contribution is -2.38. The minimum atomic E-state index is -0.384. The fraction of sp³-hybridized carbons (Fsp3) is 0.250. The Bertz CT molecular complexity index is 967. The van der Waals surface area contributed by atoms with Crippen LogP contribution in [0.4, 0.5) is 4.39 Å². The Balaban J connectivity index is 1.50. The highest BCUT2D eigenvalue weighted by Gasteiger charge is 2.25. The van der Waals surface area contributed by atoms with Gasteiger partial charge in [-0.2, -0.15) is 0 Å². The first-order valence-corrected chi connectivity index (χ1v) is 8.48. The molecular weight excluding hydrogens is 335 g/mol. The number of ether oxygens (including phenoxy) is 2. The molecule has 134 valence electrons. The molecule has 0 saturated heterocycles. The number of halogens is 1. The summed E-state index contributed by atoms with van der Waals surface area (Å²) in [6.45, 7) is 1.03. The zero-order valence-corrected chi connectivity index (χ0v) is 14.4. The summed E-state index contributed by atoms with van der Waals surface area (Å²) < 4.78 is 24.0. The van der Waals surface area contributed by atoms with Gasteiger partial charge in [-0.25, -0.2) is 4.39 Å². The minimum absolute atomic E-state index is 0.107. The monoisotopic (exact) mass is 354 g/mol. The highest BCUT2D eigenvalue weighted by Crippen LogP contribution is 2.32.